The van der Waals surface area contributed by atoms with E-state index in [4.69, 9.17) is 0 Å². The number of amides is 1. The zero-order valence-electron chi connectivity index (χ0n) is 13.8. The van der Waals surface area contributed by atoms with Gasteiger partial charge in [0.05, 0.1) is 0 Å². The first-order valence-electron chi connectivity index (χ1n) is 8.22. The van der Waals surface area contributed by atoms with Crippen LogP contribution in [0.4, 0.5) is 19.0 Å². The number of carbonyl (C=O) groups is 1. The van der Waals surface area contributed by atoms with Crippen molar-refractivity contribution in [1.82, 2.24) is 25.1 Å². The first-order chi connectivity index (χ1) is 11.9. The molecule has 0 saturated carbocycles. The number of anilines is 1. The summed E-state index contributed by atoms with van der Waals surface area (Å²) in [5.74, 6) is -0.737. The SMILES string of the molecule is CCCNC(=O)C1CCN(c2ccc3nnc(C(F)(F)F)n3n2)CC1. The third kappa shape index (κ3) is 3.67. The van der Waals surface area contributed by atoms with Crippen LogP contribution in [-0.2, 0) is 11.0 Å². The van der Waals surface area contributed by atoms with Gasteiger partial charge in [0.2, 0.25) is 5.91 Å². The van der Waals surface area contributed by atoms with E-state index in [1.54, 1.807) is 6.07 Å². The number of fused-ring (bicyclic) bond motifs is 1. The van der Waals surface area contributed by atoms with E-state index < -0.39 is 12.0 Å². The average molecular weight is 356 g/mol. The topological polar surface area (TPSA) is 75.4 Å². The van der Waals surface area contributed by atoms with Crippen molar-refractivity contribution in [3.05, 3.63) is 18.0 Å². The first-order valence-corrected chi connectivity index (χ1v) is 8.22. The number of rotatable bonds is 4. The largest absolute Gasteiger partial charge is 0.453 e. The third-order valence-corrected chi connectivity index (χ3v) is 4.24. The predicted molar refractivity (Wildman–Crippen MR) is 84.0 cm³/mol. The van der Waals surface area contributed by atoms with Gasteiger partial charge in [0, 0.05) is 25.6 Å². The highest BCUT2D eigenvalue weighted by molar-refractivity contribution is 5.78. The minimum absolute atomic E-state index is 0.0445. The van der Waals surface area contributed by atoms with Crippen LogP contribution in [-0.4, -0.2) is 45.4 Å². The Hall–Kier alpha value is -2.39. The Morgan fingerprint density at radius 1 is 1.28 bits per heavy atom. The Bertz CT molecular complexity index is 751. The number of carbonyl (C=O) groups excluding carboxylic acids is 1. The number of nitrogens with zero attached hydrogens (tertiary/aromatic N) is 5. The molecule has 25 heavy (non-hydrogen) atoms. The van der Waals surface area contributed by atoms with Gasteiger partial charge < -0.3 is 10.2 Å². The van der Waals surface area contributed by atoms with Crippen LogP contribution in [0.1, 0.15) is 32.0 Å². The van der Waals surface area contributed by atoms with Gasteiger partial charge in [-0.25, -0.2) is 0 Å². The molecule has 0 bridgehead atoms. The number of hydrogen-bond donors (Lipinski definition) is 1. The van der Waals surface area contributed by atoms with Gasteiger partial charge in [0.25, 0.3) is 5.82 Å². The Morgan fingerprint density at radius 2 is 2.00 bits per heavy atom. The van der Waals surface area contributed by atoms with Gasteiger partial charge >= 0.3 is 6.18 Å². The average Bonchev–Trinajstić information content (AvgIpc) is 3.03. The number of hydrogen-bond acceptors (Lipinski definition) is 5. The second-order valence-corrected chi connectivity index (χ2v) is 6.04. The summed E-state index contributed by atoms with van der Waals surface area (Å²) < 4.78 is 39.6. The number of halogens is 3. The normalized spacial score (nSPS) is 16.4. The van der Waals surface area contributed by atoms with Crippen LogP contribution in [0.2, 0.25) is 0 Å². The molecule has 0 radical (unpaired) electrons. The second-order valence-electron chi connectivity index (χ2n) is 6.04. The maximum absolute atomic E-state index is 12.9. The van der Waals surface area contributed by atoms with Gasteiger partial charge in [-0.2, -0.15) is 17.7 Å². The molecule has 0 spiro atoms. The number of aromatic nitrogens is 4. The van der Waals surface area contributed by atoms with E-state index in [9.17, 15) is 18.0 Å². The van der Waals surface area contributed by atoms with E-state index in [0.717, 1.165) is 10.9 Å². The molecule has 1 fully saturated rings. The summed E-state index contributed by atoms with van der Waals surface area (Å²) >= 11 is 0. The van der Waals surface area contributed by atoms with E-state index >= 15 is 0 Å². The summed E-state index contributed by atoms with van der Waals surface area (Å²) in [7, 11) is 0. The minimum atomic E-state index is -4.62. The van der Waals surface area contributed by atoms with E-state index in [1.807, 2.05) is 11.8 Å². The highest BCUT2D eigenvalue weighted by Gasteiger charge is 2.38. The fourth-order valence-corrected chi connectivity index (χ4v) is 2.89. The smallest absolute Gasteiger partial charge is 0.356 e. The molecule has 3 rings (SSSR count). The summed E-state index contributed by atoms with van der Waals surface area (Å²) in [5.41, 5.74) is 0.0462. The molecular formula is C15H19F3N6O. The molecule has 10 heteroatoms. The molecule has 0 aromatic carbocycles. The molecule has 1 aliphatic rings. The molecule has 1 amide bonds. The van der Waals surface area contributed by atoms with Crippen molar-refractivity contribution in [2.24, 2.45) is 5.92 Å². The molecule has 0 unspecified atom stereocenters. The van der Waals surface area contributed by atoms with Gasteiger partial charge in [-0.05, 0) is 31.4 Å². The van der Waals surface area contributed by atoms with Crippen molar-refractivity contribution >= 4 is 17.4 Å². The zero-order valence-corrected chi connectivity index (χ0v) is 13.8. The molecule has 7 nitrogen and oxygen atoms in total. The molecule has 3 heterocycles. The van der Waals surface area contributed by atoms with Crippen molar-refractivity contribution in [3.8, 4) is 0 Å². The summed E-state index contributed by atoms with van der Waals surface area (Å²) in [6, 6.07) is 3.09. The lowest BCUT2D eigenvalue weighted by Crippen LogP contribution is -2.41. The fourth-order valence-electron chi connectivity index (χ4n) is 2.89. The molecule has 1 saturated heterocycles. The monoisotopic (exact) mass is 356 g/mol. The van der Waals surface area contributed by atoms with Crippen molar-refractivity contribution in [3.63, 3.8) is 0 Å². The van der Waals surface area contributed by atoms with Crippen LogP contribution in [0, 0.1) is 5.92 Å². The standard InChI is InChI=1S/C15H19F3N6O/c1-2-7-19-13(25)10-5-8-23(9-6-10)12-4-3-11-20-21-14(15(16,17)18)24(11)22-12/h3-4,10H,2,5-9H2,1H3,(H,19,25). The van der Waals surface area contributed by atoms with E-state index in [0.29, 0.717) is 38.3 Å². The quantitative estimate of drug-likeness (QED) is 0.905. The van der Waals surface area contributed by atoms with Crippen LogP contribution < -0.4 is 10.2 Å². The van der Waals surface area contributed by atoms with Crippen LogP contribution in [0.25, 0.3) is 5.65 Å². The summed E-state index contributed by atoms with van der Waals surface area (Å²) in [5, 5.41) is 13.6. The van der Waals surface area contributed by atoms with Crippen LogP contribution >= 0.6 is 0 Å². The number of alkyl halides is 3. The van der Waals surface area contributed by atoms with Crippen molar-refractivity contribution in [2.75, 3.05) is 24.5 Å². The summed E-state index contributed by atoms with van der Waals surface area (Å²) in [4.78, 5) is 13.9. The predicted octanol–water partition coefficient (Wildman–Crippen LogP) is 1.89. The Labute approximate surface area is 142 Å². The number of piperidine rings is 1. The van der Waals surface area contributed by atoms with E-state index in [1.165, 1.54) is 6.07 Å². The van der Waals surface area contributed by atoms with Crippen molar-refractivity contribution < 1.29 is 18.0 Å². The second kappa shape index (κ2) is 6.85. The lowest BCUT2D eigenvalue weighted by atomic mass is 9.96. The van der Waals surface area contributed by atoms with Gasteiger partial charge in [0.1, 0.15) is 5.82 Å². The third-order valence-electron chi connectivity index (χ3n) is 4.24. The van der Waals surface area contributed by atoms with Crippen molar-refractivity contribution in [1.29, 1.82) is 0 Å². The lowest BCUT2D eigenvalue weighted by molar-refractivity contribution is -0.146. The Balaban J connectivity index is 1.72. The molecule has 136 valence electrons. The highest BCUT2D eigenvalue weighted by atomic mass is 19.4. The highest BCUT2D eigenvalue weighted by Crippen LogP contribution is 2.28. The Kier molecular flexibility index (Phi) is 4.78. The van der Waals surface area contributed by atoms with Gasteiger partial charge in [-0.15, -0.1) is 15.3 Å². The maximum Gasteiger partial charge on any atom is 0.453 e. The molecule has 2 aromatic rings. The summed E-state index contributed by atoms with van der Waals surface area (Å²) in [6.45, 7) is 3.77. The Morgan fingerprint density at radius 3 is 2.64 bits per heavy atom. The van der Waals surface area contributed by atoms with E-state index in [-0.39, 0.29) is 17.5 Å². The van der Waals surface area contributed by atoms with Crippen LogP contribution in [0.5, 0.6) is 0 Å². The lowest BCUT2D eigenvalue weighted by Gasteiger charge is -2.32. The summed E-state index contributed by atoms with van der Waals surface area (Å²) in [6.07, 6.45) is -2.45. The van der Waals surface area contributed by atoms with Crippen molar-refractivity contribution in [2.45, 2.75) is 32.4 Å². The molecule has 0 atom stereocenters. The zero-order chi connectivity index (χ0) is 18.0. The minimum Gasteiger partial charge on any atom is -0.356 e. The molecule has 2 aromatic heterocycles. The molecule has 1 aliphatic heterocycles. The molecular weight excluding hydrogens is 337 g/mol. The first kappa shape index (κ1) is 17.4. The van der Waals surface area contributed by atoms with E-state index in [2.05, 4.69) is 20.6 Å². The van der Waals surface area contributed by atoms with Crippen LogP contribution in [0.3, 0.4) is 0 Å². The maximum atomic E-state index is 12.9. The fraction of sp³-hybridized carbons (Fsp3) is 0.600. The number of nitrogens with one attached hydrogen (secondary N) is 1. The molecule has 0 aliphatic carbocycles. The molecule has 1 N–H and O–H groups in total. The van der Waals surface area contributed by atoms with Crippen LogP contribution in [0.15, 0.2) is 12.1 Å². The van der Waals surface area contributed by atoms with Gasteiger partial charge in [-0.3, -0.25) is 4.79 Å². The van der Waals surface area contributed by atoms with Gasteiger partial charge in [0.15, 0.2) is 5.65 Å². The van der Waals surface area contributed by atoms with Gasteiger partial charge in [-0.1, -0.05) is 6.92 Å².